The summed E-state index contributed by atoms with van der Waals surface area (Å²) in [6, 6.07) is 10.7. The molecule has 0 aliphatic heterocycles. The van der Waals surface area contributed by atoms with Crippen molar-refractivity contribution in [1.29, 1.82) is 0 Å². The van der Waals surface area contributed by atoms with Crippen LogP contribution in [0.25, 0.3) is 11.0 Å². The highest BCUT2D eigenvalue weighted by Gasteiger charge is 2.14. The molecule has 0 atom stereocenters. The number of para-hydroxylation sites is 1. The molecule has 0 unspecified atom stereocenters. The summed E-state index contributed by atoms with van der Waals surface area (Å²) < 4.78 is 5.43. The number of nitrogens with one attached hydrogen (secondary N) is 2. The Balaban J connectivity index is 1.85. The topological polar surface area (TPSA) is 71.3 Å². The van der Waals surface area contributed by atoms with E-state index in [1.54, 1.807) is 24.3 Å². The molecule has 0 spiro atoms. The van der Waals surface area contributed by atoms with Gasteiger partial charge in [-0.05, 0) is 24.3 Å². The van der Waals surface area contributed by atoms with E-state index in [9.17, 15) is 9.59 Å². The van der Waals surface area contributed by atoms with Crippen LogP contribution in [0.2, 0.25) is 15.1 Å². The van der Waals surface area contributed by atoms with Crippen molar-refractivity contribution in [3.63, 3.8) is 0 Å². The number of rotatable bonds is 3. The van der Waals surface area contributed by atoms with E-state index in [2.05, 4.69) is 10.9 Å². The lowest BCUT2D eigenvalue weighted by molar-refractivity contribution is 0.0936. The van der Waals surface area contributed by atoms with Crippen LogP contribution in [-0.2, 0) is 0 Å². The number of fused-ring (bicyclic) bond motifs is 1. The molecule has 0 saturated heterocycles. The molecule has 1 amide bonds. The number of hydrogen-bond donors (Lipinski definition) is 2. The van der Waals surface area contributed by atoms with Gasteiger partial charge >= 0.3 is 5.91 Å². The van der Waals surface area contributed by atoms with Crippen molar-refractivity contribution in [1.82, 2.24) is 5.43 Å². The molecule has 0 aliphatic rings. The summed E-state index contributed by atoms with van der Waals surface area (Å²) in [6.07, 6.45) is 0. The molecular formula is C16H9Cl3N2O3. The van der Waals surface area contributed by atoms with Crippen LogP contribution in [0, 0.1) is 0 Å². The fourth-order valence-corrected chi connectivity index (χ4v) is 2.97. The van der Waals surface area contributed by atoms with Crippen LogP contribution < -0.4 is 16.3 Å². The van der Waals surface area contributed by atoms with Crippen molar-refractivity contribution in [3.8, 4) is 0 Å². The maximum absolute atomic E-state index is 12.2. The number of benzene rings is 2. The smallest absolute Gasteiger partial charge is 0.305 e. The zero-order chi connectivity index (χ0) is 17.3. The predicted octanol–water partition coefficient (Wildman–Crippen LogP) is 4.51. The Morgan fingerprint density at radius 1 is 1.00 bits per heavy atom. The van der Waals surface area contributed by atoms with Gasteiger partial charge in [-0.15, -0.1) is 0 Å². The minimum absolute atomic E-state index is 0.146. The molecule has 5 nitrogen and oxygen atoms in total. The van der Waals surface area contributed by atoms with Crippen LogP contribution in [0.5, 0.6) is 0 Å². The molecule has 24 heavy (non-hydrogen) atoms. The van der Waals surface area contributed by atoms with E-state index in [4.69, 9.17) is 39.2 Å². The monoisotopic (exact) mass is 382 g/mol. The summed E-state index contributed by atoms with van der Waals surface area (Å²) in [7, 11) is 0. The van der Waals surface area contributed by atoms with Gasteiger partial charge in [0.05, 0.1) is 21.1 Å². The number of halogens is 3. The van der Waals surface area contributed by atoms with Gasteiger partial charge in [0.25, 0.3) is 0 Å². The Labute approximate surface area is 151 Å². The quantitative estimate of drug-likeness (QED) is 0.653. The second-order valence-corrected chi connectivity index (χ2v) is 6.05. The molecule has 0 saturated carbocycles. The second kappa shape index (κ2) is 6.73. The number of hydrogen-bond acceptors (Lipinski definition) is 4. The highest BCUT2D eigenvalue weighted by Crippen LogP contribution is 2.33. The molecule has 0 radical (unpaired) electrons. The van der Waals surface area contributed by atoms with E-state index in [0.717, 1.165) is 6.07 Å². The normalized spacial score (nSPS) is 10.6. The molecule has 122 valence electrons. The molecule has 0 aliphatic carbocycles. The second-order valence-electron chi connectivity index (χ2n) is 4.79. The van der Waals surface area contributed by atoms with E-state index in [-0.39, 0.29) is 26.9 Å². The van der Waals surface area contributed by atoms with Crippen LogP contribution in [0.3, 0.4) is 0 Å². The van der Waals surface area contributed by atoms with Crippen LogP contribution in [0.1, 0.15) is 10.6 Å². The molecular weight excluding hydrogens is 375 g/mol. The van der Waals surface area contributed by atoms with Gasteiger partial charge in [0, 0.05) is 11.1 Å². The van der Waals surface area contributed by atoms with E-state index < -0.39 is 5.91 Å². The van der Waals surface area contributed by atoms with Gasteiger partial charge in [-0.1, -0.05) is 46.9 Å². The van der Waals surface area contributed by atoms with Gasteiger partial charge < -0.3 is 4.42 Å². The predicted molar refractivity (Wildman–Crippen MR) is 95.0 cm³/mol. The molecule has 1 heterocycles. The lowest BCUT2D eigenvalue weighted by Crippen LogP contribution is -2.30. The summed E-state index contributed by atoms with van der Waals surface area (Å²) in [4.78, 5) is 24.2. The largest absolute Gasteiger partial charge is 0.451 e. The van der Waals surface area contributed by atoms with Gasteiger partial charge in [0.1, 0.15) is 5.58 Å². The number of hydrazine groups is 1. The number of carbonyl (C=O) groups excluding carboxylic acids is 1. The summed E-state index contributed by atoms with van der Waals surface area (Å²) in [5.41, 5.74) is 5.24. The molecule has 3 rings (SSSR count). The first-order valence-electron chi connectivity index (χ1n) is 6.69. The van der Waals surface area contributed by atoms with E-state index >= 15 is 0 Å². The Morgan fingerprint density at radius 2 is 1.67 bits per heavy atom. The third-order valence-corrected chi connectivity index (χ3v) is 3.98. The van der Waals surface area contributed by atoms with Gasteiger partial charge in [0.15, 0.2) is 11.2 Å². The van der Waals surface area contributed by atoms with Crippen LogP contribution in [-0.4, -0.2) is 5.91 Å². The number of carbonyl (C=O) groups is 1. The molecule has 0 fully saturated rings. The van der Waals surface area contributed by atoms with Crippen LogP contribution >= 0.6 is 34.8 Å². The fraction of sp³-hybridized carbons (Fsp3) is 0. The highest BCUT2D eigenvalue weighted by molar-refractivity contribution is 6.41. The zero-order valence-electron chi connectivity index (χ0n) is 11.9. The van der Waals surface area contributed by atoms with E-state index in [1.807, 2.05) is 0 Å². The maximum Gasteiger partial charge on any atom is 0.305 e. The van der Waals surface area contributed by atoms with E-state index in [0.29, 0.717) is 16.0 Å². The van der Waals surface area contributed by atoms with Crippen molar-refractivity contribution < 1.29 is 9.21 Å². The number of amides is 1. The molecule has 0 bridgehead atoms. The lowest BCUT2D eigenvalue weighted by atomic mass is 10.2. The average molecular weight is 384 g/mol. The standard InChI is InChI=1S/C16H9Cl3N2O3/c17-8-5-10(18)15(11(19)6-8)20-21-16(23)14-7-12(22)9-3-1-2-4-13(9)24-14/h1-7,20H,(H,21,23). The summed E-state index contributed by atoms with van der Waals surface area (Å²) >= 11 is 17.8. The fourth-order valence-electron chi connectivity index (χ4n) is 2.06. The first kappa shape index (κ1) is 16.6. The summed E-state index contributed by atoms with van der Waals surface area (Å²) in [6.45, 7) is 0. The van der Waals surface area contributed by atoms with Crippen molar-refractivity contribution in [2.75, 3.05) is 5.43 Å². The highest BCUT2D eigenvalue weighted by atomic mass is 35.5. The Morgan fingerprint density at radius 3 is 2.38 bits per heavy atom. The van der Waals surface area contributed by atoms with Crippen LogP contribution in [0.4, 0.5) is 5.69 Å². The number of anilines is 1. The molecule has 2 N–H and O–H groups in total. The Kier molecular flexibility index (Phi) is 4.66. The van der Waals surface area contributed by atoms with Crippen molar-refractivity contribution >= 4 is 57.4 Å². The third-order valence-electron chi connectivity index (χ3n) is 3.17. The zero-order valence-corrected chi connectivity index (χ0v) is 14.2. The molecule has 1 aromatic heterocycles. The van der Waals surface area contributed by atoms with Crippen molar-refractivity contribution in [3.05, 3.63) is 73.5 Å². The van der Waals surface area contributed by atoms with Gasteiger partial charge in [0.2, 0.25) is 0 Å². The molecule has 3 aromatic rings. The summed E-state index contributed by atoms with van der Waals surface area (Å²) in [5, 5.41) is 1.22. The maximum atomic E-state index is 12.2. The first-order chi connectivity index (χ1) is 11.5. The summed E-state index contributed by atoms with van der Waals surface area (Å²) in [5.74, 6) is -0.799. The lowest BCUT2D eigenvalue weighted by Gasteiger charge is -2.11. The van der Waals surface area contributed by atoms with E-state index in [1.165, 1.54) is 12.1 Å². The van der Waals surface area contributed by atoms with Crippen molar-refractivity contribution in [2.45, 2.75) is 0 Å². The van der Waals surface area contributed by atoms with Gasteiger partial charge in [-0.25, -0.2) is 0 Å². The Bertz CT molecular complexity index is 978. The van der Waals surface area contributed by atoms with Crippen LogP contribution in [0.15, 0.2) is 51.7 Å². The minimum atomic E-state index is -0.653. The Hall–Kier alpha value is -2.21. The first-order valence-corrected chi connectivity index (χ1v) is 7.83. The van der Waals surface area contributed by atoms with Crippen molar-refractivity contribution in [2.24, 2.45) is 0 Å². The van der Waals surface area contributed by atoms with Gasteiger partial charge in [-0.2, -0.15) is 0 Å². The molecule has 2 aromatic carbocycles. The average Bonchev–Trinajstić information content (AvgIpc) is 2.53. The third kappa shape index (κ3) is 3.33. The SMILES string of the molecule is O=C(NNc1c(Cl)cc(Cl)cc1Cl)c1cc(=O)c2ccccc2o1. The minimum Gasteiger partial charge on any atom is -0.451 e. The van der Waals surface area contributed by atoms with Gasteiger partial charge in [-0.3, -0.25) is 20.4 Å². The molecule has 8 heteroatoms.